The van der Waals surface area contributed by atoms with Crippen LogP contribution < -0.4 is 32.3 Å². The van der Waals surface area contributed by atoms with Gasteiger partial charge in [-0.1, -0.05) is 38.5 Å². The van der Waals surface area contributed by atoms with E-state index in [1.807, 2.05) is 24.3 Å². The number of aromatic amines is 1. The van der Waals surface area contributed by atoms with Crippen molar-refractivity contribution in [3.05, 3.63) is 36.0 Å². The first kappa shape index (κ1) is 33.7. The van der Waals surface area contributed by atoms with Crippen molar-refractivity contribution in [2.45, 2.75) is 77.7 Å². The van der Waals surface area contributed by atoms with Gasteiger partial charge in [-0.15, -0.1) is 0 Å². The fraction of sp³-hybridized carbons (Fsp3) is 0.500. The summed E-state index contributed by atoms with van der Waals surface area (Å²) in [4.78, 5) is 77.7. The molecule has 0 unspecified atom stereocenters. The number of aromatic nitrogens is 1. The summed E-state index contributed by atoms with van der Waals surface area (Å²) in [5.41, 5.74) is 7.04. The lowest BCUT2D eigenvalue weighted by Gasteiger charge is -2.24. The molecule has 0 spiro atoms. The minimum atomic E-state index is -1.19. The van der Waals surface area contributed by atoms with Gasteiger partial charge in [-0.3, -0.25) is 24.0 Å². The molecule has 6 atom stereocenters. The van der Waals surface area contributed by atoms with Crippen molar-refractivity contribution in [3.63, 3.8) is 0 Å². The van der Waals surface area contributed by atoms with Gasteiger partial charge in [-0.2, -0.15) is 0 Å². The average molecular weight is 588 g/mol. The van der Waals surface area contributed by atoms with E-state index >= 15 is 0 Å². The maximum absolute atomic E-state index is 13.3. The molecule has 0 aliphatic carbocycles. The van der Waals surface area contributed by atoms with E-state index in [0.29, 0.717) is 6.42 Å². The van der Waals surface area contributed by atoms with Gasteiger partial charge in [0, 0.05) is 23.5 Å². The van der Waals surface area contributed by atoms with Crippen molar-refractivity contribution >= 4 is 46.4 Å². The quantitative estimate of drug-likeness (QED) is 0.132. The van der Waals surface area contributed by atoms with E-state index in [-0.39, 0.29) is 12.3 Å². The Labute approximate surface area is 243 Å². The number of carbonyl (C=O) groups is 6. The Balaban J connectivity index is 2.13. The third kappa shape index (κ3) is 9.58. The molecule has 2 aromatic rings. The van der Waals surface area contributed by atoms with Gasteiger partial charge < -0.3 is 42.4 Å². The van der Waals surface area contributed by atoms with Gasteiger partial charge >= 0.3 is 5.97 Å². The predicted molar refractivity (Wildman–Crippen MR) is 155 cm³/mol. The summed E-state index contributed by atoms with van der Waals surface area (Å²) in [7, 11) is 0. The van der Waals surface area contributed by atoms with Crippen LogP contribution in [-0.4, -0.2) is 82.3 Å². The molecule has 0 saturated carbocycles. The monoisotopic (exact) mass is 587 g/mol. The highest BCUT2D eigenvalue weighted by atomic mass is 16.4. The van der Waals surface area contributed by atoms with Crippen LogP contribution in [0.2, 0.25) is 0 Å². The van der Waals surface area contributed by atoms with Crippen LogP contribution in [0.3, 0.4) is 0 Å². The van der Waals surface area contributed by atoms with E-state index in [1.165, 1.54) is 20.8 Å². The number of carboxylic acid groups (broad SMARTS) is 1. The average Bonchev–Trinajstić information content (AvgIpc) is 3.35. The molecule has 2 rings (SSSR count). The van der Waals surface area contributed by atoms with Crippen LogP contribution in [0.4, 0.5) is 0 Å². The summed E-state index contributed by atoms with van der Waals surface area (Å²) in [5, 5.41) is 22.7. The van der Waals surface area contributed by atoms with E-state index in [4.69, 9.17) is 5.73 Å². The lowest BCUT2D eigenvalue weighted by Crippen LogP contribution is -2.57. The Morgan fingerprint density at radius 3 is 2.10 bits per heavy atom. The number of carbonyl (C=O) groups excluding carboxylic acids is 5. The van der Waals surface area contributed by atoms with Gasteiger partial charge in [-0.05, 0) is 38.3 Å². The van der Waals surface area contributed by atoms with Crippen molar-refractivity contribution in [1.82, 2.24) is 31.6 Å². The molecule has 0 saturated heterocycles. The number of H-pyrrole nitrogens is 1. The van der Waals surface area contributed by atoms with Crippen LogP contribution in [0.25, 0.3) is 10.9 Å². The zero-order valence-electron chi connectivity index (χ0n) is 24.4. The predicted octanol–water partition coefficient (Wildman–Crippen LogP) is -0.716. The summed E-state index contributed by atoms with van der Waals surface area (Å²) in [6, 6.07) is 2.22. The molecule has 0 radical (unpaired) electrons. The zero-order chi connectivity index (χ0) is 31.6. The molecule has 0 fully saturated rings. The largest absolute Gasteiger partial charge is 0.480 e. The van der Waals surface area contributed by atoms with E-state index in [9.17, 15) is 33.9 Å². The van der Waals surface area contributed by atoms with Crippen molar-refractivity contribution in [2.24, 2.45) is 11.7 Å². The lowest BCUT2D eigenvalue weighted by molar-refractivity contribution is -0.143. The van der Waals surface area contributed by atoms with Crippen LogP contribution in [0.5, 0.6) is 0 Å². The number of rotatable bonds is 15. The van der Waals surface area contributed by atoms with Crippen LogP contribution in [-0.2, 0) is 35.2 Å². The standard InChI is InChI=1S/C28H41N7O7/c1-6-14(2)23(28(41)42)35-26(39)17(5)33-27(40)21(11-18-12-30-20-10-8-7-9-19(18)20)34-22(36)13-31-25(38)16(4)32-24(37)15(3)29/h7-10,12,14-17,21,23,30H,6,11,13,29H2,1-5H3,(H,31,38)(H,32,37)(H,33,40)(H,34,36)(H,35,39)(H,41,42)/t14-,15-,16-,17-,21-,23-/m0/s1. The zero-order valence-corrected chi connectivity index (χ0v) is 24.4. The van der Waals surface area contributed by atoms with Gasteiger partial charge in [0.05, 0.1) is 12.6 Å². The summed E-state index contributed by atoms with van der Waals surface area (Å²) in [6.45, 7) is 7.32. The van der Waals surface area contributed by atoms with Gasteiger partial charge in [0.2, 0.25) is 29.5 Å². The van der Waals surface area contributed by atoms with Gasteiger partial charge in [0.1, 0.15) is 24.2 Å². The summed E-state index contributed by atoms with van der Waals surface area (Å²) >= 11 is 0. The molecule has 0 aliphatic rings. The first-order valence-electron chi connectivity index (χ1n) is 13.8. The van der Waals surface area contributed by atoms with Crippen LogP contribution >= 0.6 is 0 Å². The molecule has 14 heteroatoms. The molecule has 1 heterocycles. The van der Waals surface area contributed by atoms with Crippen molar-refractivity contribution in [3.8, 4) is 0 Å². The Bertz CT molecular complexity index is 1290. The molecule has 1 aromatic carbocycles. The van der Waals surface area contributed by atoms with Crippen molar-refractivity contribution < 1.29 is 33.9 Å². The second-order valence-corrected chi connectivity index (χ2v) is 10.4. The third-order valence-corrected chi connectivity index (χ3v) is 6.87. The van der Waals surface area contributed by atoms with E-state index < -0.39 is 72.3 Å². The molecule has 0 bridgehead atoms. The Kier molecular flexibility index (Phi) is 12.5. The van der Waals surface area contributed by atoms with E-state index in [2.05, 4.69) is 31.6 Å². The number of aliphatic carboxylic acids is 1. The van der Waals surface area contributed by atoms with Gasteiger partial charge in [-0.25, -0.2) is 4.79 Å². The number of hydrogen-bond donors (Lipinski definition) is 8. The van der Waals surface area contributed by atoms with Crippen molar-refractivity contribution in [2.75, 3.05) is 6.54 Å². The Hall–Kier alpha value is -4.46. The topological polar surface area (TPSA) is 225 Å². The van der Waals surface area contributed by atoms with Crippen molar-refractivity contribution in [1.29, 1.82) is 0 Å². The number of benzene rings is 1. The summed E-state index contributed by atoms with van der Waals surface area (Å²) < 4.78 is 0. The first-order valence-corrected chi connectivity index (χ1v) is 13.8. The number of nitrogens with two attached hydrogens (primary N) is 1. The van der Waals surface area contributed by atoms with Gasteiger partial charge in [0.25, 0.3) is 0 Å². The second kappa shape index (κ2) is 15.5. The third-order valence-electron chi connectivity index (χ3n) is 6.87. The highest BCUT2D eigenvalue weighted by Crippen LogP contribution is 2.19. The molecule has 1 aromatic heterocycles. The molecule has 230 valence electrons. The number of fused-ring (bicyclic) bond motifs is 1. The first-order chi connectivity index (χ1) is 19.7. The molecule has 0 aliphatic heterocycles. The summed E-state index contributed by atoms with van der Waals surface area (Å²) in [6.07, 6.45) is 2.28. The number of nitrogens with one attached hydrogen (secondary N) is 6. The SMILES string of the molecule is CC[C@H](C)[C@H](NC(=O)[C@H](C)NC(=O)[C@H](Cc1c[nH]c2ccccc12)NC(=O)CNC(=O)[C@H](C)NC(=O)[C@H](C)N)C(=O)O. The number of amides is 5. The molecule has 5 amide bonds. The lowest BCUT2D eigenvalue weighted by atomic mass is 9.99. The number of para-hydroxylation sites is 1. The smallest absolute Gasteiger partial charge is 0.326 e. The normalized spacial score (nSPS) is 15.3. The van der Waals surface area contributed by atoms with E-state index in [1.54, 1.807) is 20.0 Å². The van der Waals surface area contributed by atoms with Crippen LogP contribution in [0.15, 0.2) is 30.5 Å². The van der Waals surface area contributed by atoms with Crippen LogP contribution in [0.1, 0.15) is 46.6 Å². The minimum Gasteiger partial charge on any atom is -0.480 e. The minimum absolute atomic E-state index is 0.0509. The fourth-order valence-electron chi connectivity index (χ4n) is 4.05. The number of hydrogen-bond acceptors (Lipinski definition) is 7. The highest BCUT2D eigenvalue weighted by Gasteiger charge is 2.30. The molecular weight excluding hydrogens is 546 g/mol. The van der Waals surface area contributed by atoms with Crippen LogP contribution in [0, 0.1) is 5.92 Å². The highest BCUT2D eigenvalue weighted by molar-refractivity contribution is 5.95. The van der Waals surface area contributed by atoms with E-state index in [0.717, 1.165) is 16.5 Å². The molecule has 42 heavy (non-hydrogen) atoms. The summed E-state index contributed by atoms with van der Waals surface area (Å²) in [5.74, 6) is -4.75. The maximum Gasteiger partial charge on any atom is 0.326 e. The maximum atomic E-state index is 13.3. The number of carboxylic acids is 1. The Morgan fingerprint density at radius 2 is 1.48 bits per heavy atom. The van der Waals surface area contributed by atoms with Gasteiger partial charge in [0.15, 0.2) is 0 Å². The second-order valence-electron chi connectivity index (χ2n) is 10.4. The fourth-order valence-corrected chi connectivity index (χ4v) is 4.05. The molecule has 9 N–H and O–H groups in total. The molecular formula is C28H41N7O7. The Morgan fingerprint density at radius 1 is 0.857 bits per heavy atom. The molecule has 14 nitrogen and oxygen atoms in total.